The summed E-state index contributed by atoms with van der Waals surface area (Å²) in [7, 11) is 0. The number of piperidine rings is 1. The highest BCUT2D eigenvalue weighted by Crippen LogP contribution is 2.44. The summed E-state index contributed by atoms with van der Waals surface area (Å²) in [6.07, 6.45) is 0.929. The molecule has 1 amide bonds. The molecule has 1 aliphatic heterocycles. The van der Waals surface area contributed by atoms with Gasteiger partial charge < -0.3 is 25.8 Å². The number of nitrogens with two attached hydrogens (primary N) is 1. The van der Waals surface area contributed by atoms with E-state index in [4.69, 9.17) is 10.5 Å². The molecule has 1 aliphatic carbocycles. The second-order valence-electron chi connectivity index (χ2n) is 9.21. The number of nitrogens with one attached hydrogen (secondary N) is 1. The van der Waals surface area contributed by atoms with Crippen molar-refractivity contribution in [3.05, 3.63) is 41.7 Å². The first-order valence-corrected chi connectivity index (χ1v) is 12.6. The predicted molar refractivity (Wildman–Crippen MR) is 131 cm³/mol. The van der Waals surface area contributed by atoms with E-state index >= 15 is 0 Å². The van der Waals surface area contributed by atoms with Gasteiger partial charge in [-0.1, -0.05) is 0 Å². The molecule has 3 heterocycles. The molecule has 2 aromatic heterocycles. The van der Waals surface area contributed by atoms with E-state index in [0.717, 1.165) is 21.8 Å². The predicted octanol–water partition coefficient (Wildman–Crippen LogP) is 4.23. The molecule has 196 valence electrons. The molecule has 9 nitrogen and oxygen atoms in total. The Labute approximate surface area is 214 Å². The summed E-state index contributed by atoms with van der Waals surface area (Å²) in [6, 6.07) is 6.99. The number of nitrogens with zero attached hydrogens (tertiary/aromatic N) is 4. The third kappa shape index (κ3) is 5.62. The van der Waals surface area contributed by atoms with Crippen molar-refractivity contribution in [2.45, 2.75) is 50.0 Å². The van der Waals surface area contributed by atoms with E-state index in [1.807, 2.05) is 12.1 Å². The van der Waals surface area contributed by atoms with E-state index in [-0.39, 0.29) is 43.9 Å². The van der Waals surface area contributed by atoms with Crippen LogP contribution in [-0.2, 0) is 10.4 Å². The zero-order valence-electron chi connectivity index (χ0n) is 19.7. The molecule has 0 spiro atoms. The van der Waals surface area contributed by atoms with Crippen LogP contribution in [0.5, 0.6) is 5.88 Å². The Morgan fingerprint density at radius 1 is 1.22 bits per heavy atom. The smallest absolute Gasteiger partial charge is 0.471 e. The number of aliphatic hydroxyl groups is 1. The number of alkyl halides is 3. The number of aromatic nitrogens is 3. The first-order chi connectivity index (χ1) is 17.6. The number of carbonyl (C=O) groups excluding carboxylic acids is 1. The molecular weight excluding hydrogens is 509 g/mol. The number of hydrogen-bond acceptors (Lipinski definition) is 9. The standard InChI is InChI=1S/C24H25F3N6O3S/c25-24(26,27)21(34)33-8-3-17(4-9-33)36-19-2-7-29-22(32-19)31-16-11-14(10-15(28)12-16)18-13-30-20(37-18)23(35)5-1-6-23/h2,7,10-13,17,35H,1,3-6,8-9,28H2,(H,29,31,32). The second-order valence-corrected chi connectivity index (χ2v) is 10.2. The molecule has 37 heavy (non-hydrogen) atoms. The summed E-state index contributed by atoms with van der Waals surface area (Å²) < 4.78 is 43.8. The van der Waals surface area contributed by atoms with Gasteiger partial charge in [-0.3, -0.25) is 4.79 Å². The summed E-state index contributed by atoms with van der Waals surface area (Å²) in [5.74, 6) is -1.30. The Kier molecular flexibility index (Phi) is 6.67. The first kappa shape index (κ1) is 25.2. The summed E-state index contributed by atoms with van der Waals surface area (Å²) in [4.78, 5) is 26.1. The van der Waals surface area contributed by atoms with E-state index < -0.39 is 17.7 Å². The molecule has 1 saturated heterocycles. The number of carbonyl (C=O) groups is 1. The average Bonchev–Trinajstić information content (AvgIpc) is 3.33. The Morgan fingerprint density at radius 3 is 2.65 bits per heavy atom. The van der Waals surface area contributed by atoms with Crippen molar-refractivity contribution >= 4 is 34.6 Å². The first-order valence-electron chi connectivity index (χ1n) is 11.8. The van der Waals surface area contributed by atoms with Gasteiger partial charge in [-0.05, 0) is 43.0 Å². The topological polar surface area (TPSA) is 126 Å². The zero-order valence-corrected chi connectivity index (χ0v) is 20.5. The van der Waals surface area contributed by atoms with E-state index in [0.29, 0.717) is 29.2 Å². The van der Waals surface area contributed by atoms with Crippen molar-refractivity contribution in [2.24, 2.45) is 0 Å². The maximum Gasteiger partial charge on any atom is 0.471 e. The van der Waals surface area contributed by atoms with Gasteiger partial charge in [-0.25, -0.2) is 9.97 Å². The van der Waals surface area contributed by atoms with Crippen LogP contribution in [0.2, 0.25) is 0 Å². The molecule has 4 N–H and O–H groups in total. The van der Waals surface area contributed by atoms with Gasteiger partial charge >= 0.3 is 12.1 Å². The number of anilines is 3. The molecular formula is C24H25F3N6O3S. The van der Waals surface area contributed by atoms with Gasteiger partial charge in [-0.15, -0.1) is 11.3 Å². The lowest BCUT2D eigenvalue weighted by Gasteiger charge is -2.34. The van der Waals surface area contributed by atoms with Crippen molar-refractivity contribution in [3.63, 3.8) is 0 Å². The lowest BCUT2D eigenvalue weighted by molar-refractivity contribution is -0.187. The lowest BCUT2D eigenvalue weighted by atomic mass is 9.81. The van der Waals surface area contributed by atoms with Crippen LogP contribution in [0, 0.1) is 0 Å². The Morgan fingerprint density at radius 2 is 1.97 bits per heavy atom. The van der Waals surface area contributed by atoms with Crippen LogP contribution in [0.4, 0.5) is 30.5 Å². The van der Waals surface area contributed by atoms with Crippen molar-refractivity contribution in [1.82, 2.24) is 19.9 Å². The highest BCUT2D eigenvalue weighted by Gasteiger charge is 2.43. The van der Waals surface area contributed by atoms with Crippen molar-refractivity contribution < 1.29 is 27.8 Å². The van der Waals surface area contributed by atoms with E-state index in [9.17, 15) is 23.1 Å². The Bertz CT molecular complexity index is 1290. The highest BCUT2D eigenvalue weighted by molar-refractivity contribution is 7.15. The van der Waals surface area contributed by atoms with Crippen LogP contribution in [0.3, 0.4) is 0 Å². The van der Waals surface area contributed by atoms with Crippen LogP contribution in [-0.4, -0.2) is 56.2 Å². The highest BCUT2D eigenvalue weighted by atomic mass is 32.1. The van der Waals surface area contributed by atoms with Crippen LogP contribution < -0.4 is 15.8 Å². The monoisotopic (exact) mass is 534 g/mol. The van der Waals surface area contributed by atoms with Crippen molar-refractivity contribution in [1.29, 1.82) is 0 Å². The minimum absolute atomic E-state index is 0.0397. The molecule has 2 aliphatic rings. The fourth-order valence-electron chi connectivity index (χ4n) is 4.34. The van der Waals surface area contributed by atoms with Crippen LogP contribution in [0.1, 0.15) is 37.1 Å². The summed E-state index contributed by atoms with van der Waals surface area (Å²) in [5.41, 5.74) is 7.29. The number of amides is 1. The van der Waals surface area contributed by atoms with Crippen LogP contribution >= 0.6 is 11.3 Å². The summed E-state index contributed by atoms with van der Waals surface area (Å²) in [5, 5.41) is 14.4. The third-order valence-electron chi connectivity index (χ3n) is 6.47. The molecule has 13 heteroatoms. The van der Waals surface area contributed by atoms with E-state index in [1.165, 1.54) is 17.5 Å². The van der Waals surface area contributed by atoms with Gasteiger partial charge in [0.05, 0.1) is 4.88 Å². The fourth-order valence-corrected chi connectivity index (χ4v) is 5.39. The molecule has 2 fully saturated rings. The fraction of sp³-hybridized carbons (Fsp3) is 0.417. The molecule has 0 unspecified atom stereocenters. The quantitative estimate of drug-likeness (QED) is 0.401. The molecule has 0 radical (unpaired) electrons. The van der Waals surface area contributed by atoms with Crippen molar-refractivity contribution in [3.8, 4) is 16.3 Å². The van der Waals surface area contributed by atoms with E-state index in [2.05, 4.69) is 20.3 Å². The maximum atomic E-state index is 12.6. The molecule has 1 aromatic carbocycles. The number of benzene rings is 1. The number of hydrogen-bond donors (Lipinski definition) is 3. The number of likely N-dealkylation sites (tertiary alicyclic amines) is 1. The number of nitrogen functional groups attached to an aromatic ring is 1. The third-order valence-corrected chi connectivity index (χ3v) is 7.71. The number of thiazole rings is 1. The molecule has 1 saturated carbocycles. The van der Waals surface area contributed by atoms with Gasteiger partial charge in [0, 0.05) is 55.8 Å². The zero-order chi connectivity index (χ0) is 26.2. The number of rotatable bonds is 6. The van der Waals surface area contributed by atoms with Gasteiger partial charge in [-0.2, -0.15) is 18.2 Å². The summed E-state index contributed by atoms with van der Waals surface area (Å²) >= 11 is 1.43. The maximum absolute atomic E-state index is 12.6. The minimum atomic E-state index is -4.87. The van der Waals surface area contributed by atoms with Gasteiger partial charge in [0.2, 0.25) is 11.8 Å². The van der Waals surface area contributed by atoms with Gasteiger partial charge in [0.15, 0.2) is 0 Å². The molecule has 0 atom stereocenters. The number of ether oxygens (including phenoxy) is 1. The van der Waals surface area contributed by atoms with Gasteiger partial charge in [0.1, 0.15) is 16.7 Å². The normalized spacial score (nSPS) is 17.8. The number of halogens is 3. The van der Waals surface area contributed by atoms with Crippen LogP contribution in [0.15, 0.2) is 36.7 Å². The SMILES string of the molecule is Nc1cc(Nc2nccc(OC3CCN(C(=O)C(F)(F)F)CC3)n2)cc(-c2cnc(C3(O)CCC3)s2)c1. The lowest BCUT2D eigenvalue weighted by Crippen LogP contribution is -2.47. The second kappa shape index (κ2) is 9.78. The average molecular weight is 535 g/mol. The largest absolute Gasteiger partial charge is 0.474 e. The van der Waals surface area contributed by atoms with E-state index in [1.54, 1.807) is 18.3 Å². The van der Waals surface area contributed by atoms with Crippen LogP contribution in [0.25, 0.3) is 10.4 Å². The molecule has 5 rings (SSSR count). The Balaban J connectivity index is 1.24. The molecule has 3 aromatic rings. The van der Waals surface area contributed by atoms with Gasteiger partial charge in [0.25, 0.3) is 0 Å². The molecule has 0 bridgehead atoms. The van der Waals surface area contributed by atoms with Crippen molar-refractivity contribution in [2.75, 3.05) is 24.1 Å². The minimum Gasteiger partial charge on any atom is -0.474 e. The summed E-state index contributed by atoms with van der Waals surface area (Å²) in [6.45, 7) is -0.0794. The Hall–Kier alpha value is -3.45.